The van der Waals surface area contributed by atoms with Gasteiger partial charge in [0.15, 0.2) is 0 Å². The topological polar surface area (TPSA) is 50.9 Å². The van der Waals surface area contributed by atoms with Gasteiger partial charge in [-0.25, -0.2) is 4.98 Å². The quantitative estimate of drug-likeness (QED) is 0.889. The fourth-order valence-electron chi connectivity index (χ4n) is 2.11. The molecule has 5 heteroatoms. The lowest BCUT2D eigenvalue weighted by molar-refractivity contribution is 0.262. The number of hydrogen-bond acceptors (Lipinski definition) is 3. The summed E-state index contributed by atoms with van der Waals surface area (Å²) in [6.07, 6.45) is 3.31. The number of rotatable bonds is 6. The van der Waals surface area contributed by atoms with E-state index in [-0.39, 0.29) is 12.5 Å². The number of aryl methyl sites for hydroxylation is 1. The SMILES string of the molecule is CCCn1ncnc1CC(CO)c1cccc(Br)c1. The third-order valence-corrected chi connectivity index (χ3v) is 3.59. The fourth-order valence-corrected chi connectivity index (χ4v) is 2.53. The van der Waals surface area contributed by atoms with Gasteiger partial charge in [-0.15, -0.1) is 0 Å². The highest BCUT2D eigenvalue weighted by Crippen LogP contribution is 2.22. The number of benzene rings is 1. The van der Waals surface area contributed by atoms with E-state index in [1.807, 2.05) is 28.9 Å². The summed E-state index contributed by atoms with van der Waals surface area (Å²) in [5.41, 5.74) is 1.11. The van der Waals surface area contributed by atoms with Crippen molar-refractivity contribution in [1.29, 1.82) is 0 Å². The second kappa shape index (κ2) is 6.82. The van der Waals surface area contributed by atoms with Crippen LogP contribution in [0.25, 0.3) is 0 Å². The average Bonchev–Trinajstić information content (AvgIpc) is 2.84. The van der Waals surface area contributed by atoms with Gasteiger partial charge in [-0.3, -0.25) is 4.68 Å². The third kappa shape index (κ3) is 3.64. The summed E-state index contributed by atoms with van der Waals surface area (Å²) >= 11 is 3.46. The summed E-state index contributed by atoms with van der Waals surface area (Å²) in [7, 11) is 0. The lowest BCUT2D eigenvalue weighted by atomic mass is 9.96. The first kappa shape index (κ1) is 14.2. The Balaban J connectivity index is 2.17. The second-order valence-electron chi connectivity index (χ2n) is 4.54. The molecule has 2 rings (SSSR count). The smallest absolute Gasteiger partial charge is 0.138 e. The van der Waals surface area contributed by atoms with Crippen LogP contribution in [0.1, 0.15) is 30.7 Å². The predicted molar refractivity (Wildman–Crippen MR) is 78.0 cm³/mol. The summed E-state index contributed by atoms with van der Waals surface area (Å²) in [5.74, 6) is 0.984. The molecule has 19 heavy (non-hydrogen) atoms. The average molecular weight is 324 g/mol. The van der Waals surface area contributed by atoms with Gasteiger partial charge in [0.2, 0.25) is 0 Å². The van der Waals surface area contributed by atoms with Crippen molar-refractivity contribution in [2.24, 2.45) is 0 Å². The molecule has 0 aliphatic carbocycles. The van der Waals surface area contributed by atoms with E-state index in [2.05, 4.69) is 32.9 Å². The van der Waals surface area contributed by atoms with Crippen molar-refractivity contribution in [3.63, 3.8) is 0 Å². The molecule has 0 saturated carbocycles. The molecule has 0 aliphatic rings. The van der Waals surface area contributed by atoms with Gasteiger partial charge in [0.05, 0.1) is 6.61 Å². The van der Waals surface area contributed by atoms with Crippen molar-refractivity contribution < 1.29 is 5.11 Å². The van der Waals surface area contributed by atoms with Crippen LogP contribution in [0.2, 0.25) is 0 Å². The van der Waals surface area contributed by atoms with Crippen molar-refractivity contribution in [1.82, 2.24) is 14.8 Å². The minimum absolute atomic E-state index is 0.0531. The Kier molecular flexibility index (Phi) is 5.10. The summed E-state index contributed by atoms with van der Waals surface area (Å²) in [6, 6.07) is 8.05. The zero-order chi connectivity index (χ0) is 13.7. The second-order valence-corrected chi connectivity index (χ2v) is 5.45. The molecule has 0 amide bonds. The van der Waals surface area contributed by atoms with Crippen LogP contribution in [-0.2, 0) is 13.0 Å². The molecule has 1 N–H and O–H groups in total. The van der Waals surface area contributed by atoms with Crippen LogP contribution in [-0.4, -0.2) is 26.5 Å². The molecule has 1 unspecified atom stereocenters. The van der Waals surface area contributed by atoms with Crippen LogP contribution in [0.4, 0.5) is 0 Å². The van der Waals surface area contributed by atoms with Gasteiger partial charge in [0, 0.05) is 23.4 Å². The molecular formula is C14H18BrN3O. The van der Waals surface area contributed by atoms with Crippen molar-refractivity contribution >= 4 is 15.9 Å². The van der Waals surface area contributed by atoms with E-state index in [4.69, 9.17) is 0 Å². The van der Waals surface area contributed by atoms with Crippen LogP contribution in [0, 0.1) is 0 Å². The maximum atomic E-state index is 9.62. The molecule has 1 aromatic carbocycles. The summed E-state index contributed by atoms with van der Waals surface area (Å²) in [6.45, 7) is 3.09. The van der Waals surface area contributed by atoms with Gasteiger partial charge >= 0.3 is 0 Å². The first-order chi connectivity index (χ1) is 9.24. The highest BCUT2D eigenvalue weighted by atomic mass is 79.9. The van der Waals surface area contributed by atoms with Crippen LogP contribution in [0.3, 0.4) is 0 Å². The minimum Gasteiger partial charge on any atom is -0.396 e. The van der Waals surface area contributed by atoms with Crippen molar-refractivity contribution in [2.45, 2.75) is 32.2 Å². The Bertz CT molecular complexity index is 527. The third-order valence-electron chi connectivity index (χ3n) is 3.10. The Hall–Kier alpha value is -1.20. The summed E-state index contributed by atoms with van der Waals surface area (Å²) in [5, 5.41) is 13.8. The van der Waals surface area contributed by atoms with Crippen molar-refractivity contribution in [2.75, 3.05) is 6.61 Å². The molecule has 0 saturated heterocycles. The first-order valence-corrected chi connectivity index (χ1v) is 7.27. The predicted octanol–water partition coefficient (Wildman–Crippen LogP) is 2.77. The lowest BCUT2D eigenvalue weighted by Gasteiger charge is -2.15. The van der Waals surface area contributed by atoms with Gasteiger partial charge in [-0.2, -0.15) is 5.10 Å². The molecule has 1 heterocycles. The molecule has 1 aromatic heterocycles. The van der Waals surface area contributed by atoms with Crippen LogP contribution < -0.4 is 0 Å². The minimum atomic E-state index is 0.0531. The van der Waals surface area contributed by atoms with Crippen LogP contribution >= 0.6 is 15.9 Å². The molecule has 1 atom stereocenters. The number of hydrogen-bond donors (Lipinski definition) is 1. The van der Waals surface area contributed by atoms with E-state index < -0.39 is 0 Å². The molecule has 0 radical (unpaired) electrons. The van der Waals surface area contributed by atoms with E-state index in [1.54, 1.807) is 6.33 Å². The Morgan fingerprint density at radius 1 is 1.42 bits per heavy atom. The monoisotopic (exact) mass is 323 g/mol. The fraction of sp³-hybridized carbons (Fsp3) is 0.429. The summed E-state index contributed by atoms with van der Waals surface area (Å²) < 4.78 is 2.94. The van der Waals surface area contributed by atoms with Crippen molar-refractivity contribution in [3.8, 4) is 0 Å². The number of aromatic nitrogens is 3. The molecule has 0 fully saturated rings. The Morgan fingerprint density at radius 3 is 2.95 bits per heavy atom. The van der Waals surface area contributed by atoms with E-state index in [0.29, 0.717) is 6.42 Å². The zero-order valence-corrected chi connectivity index (χ0v) is 12.5. The van der Waals surface area contributed by atoms with Gasteiger partial charge in [-0.1, -0.05) is 35.0 Å². The number of nitrogens with zero attached hydrogens (tertiary/aromatic N) is 3. The number of aliphatic hydroxyl groups is 1. The van der Waals surface area contributed by atoms with Gasteiger partial charge in [-0.05, 0) is 24.1 Å². The summed E-state index contributed by atoms with van der Waals surface area (Å²) in [4.78, 5) is 4.30. The zero-order valence-electron chi connectivity index (χ0n) is 11.0. The Labute approximate surface area is 121 Å². The standard InChI is InChI=1S/C14H18BrN3O/c1-2-6-18-14(16-10-17-18)8-12(9-19)11-4-3-5-13(15)7-11/h3-5,7,10,12,19H,2,6,8-9H2,1H3. The number of halogens is 1. The first-order valence-electron chi connectivity index (χ1n) is 6.47. The van der Waals surface area contributed by atoms with E-state index in [9.17, 15) is 5.11 Å². The largest absolute Gasteiger partial charge is 0.396 e. The lowest BCUT2D eigenvalue weighted by Crippen LogP contribution is -2.13. The number of aliphatic hydroxyl groups excluding tert-OH is 1. The highest BCUT2D eigenvalue weighted by molar-refractivity contribution is 9.10. The molecule has 2 aromatic rings. The van der Waals surface area contributed by atoms with Gasteiger partial charge < -0.3 is 5.11 Å². The molecule has 4 nitrogen and oxygen atoms in total. The molecular weight excluding hydrogens is 306 g/mol. The Morgan fingerprint density at radius 2 is 2.26 bits per heavy atom. The maximum Gasteiger partial charge on any atom is 0.138 e. The molecule has 102 valence electrons. The van der Waals surface area contributed by atoms with Crippen LogP contribution in [0.5, 0.6) is 0 Å². The van der Waals surface area contributed by atoms with E-state index in [1.165, 1.54) is 0 Å². The molecule has 0 bridgehead atoms. The van der Waals surface area contributed by atoms with Crippen molar-refractivity contribution in [3.05, 3.63) is 46.5 Å². The van der Waals surface area contributed by atoms with Crippen LogP contribution in [0.15, 0.2) is 35.1 Å². The maximum absolute atomic E-state index is 9.62. The van der Waals surface area contributed by atoms with Gasteiger partial charge in [0.25, 0.3) is 0 Å². The molecule has 0 spiro atoms. The molecule has 0 aliphatic heterocycles. The van der Waals surface area contributed by atoms with Gasteiger partial charge in [0.1, 0.15) is 12.2 Å². The normalized spacial score (nSPS) is 12.6. The highest BCUT2D eigenvalue weighted by Gasteiger charge is 2.15. The van der Waals surface area contributed by atoms with E-state index in [0.717, 1.165) is 28.8 Å². The van der Waals surface area contributed by atoms with E-state index >= 15 is 0 Å².